The number of rotatable bonds is 8. The van der Waals surface area contributed by atoms with Crippen LogP contribution in [0.3, 0.4) is 0 Å². The summed E-state index contributed by atoms with van der Waals surface area (Å²) in [6.07, 6.45) is 1.26. The number of Topliss-reactive ketones (excluding diaryl/α,β-unsaturated/α-hetero) is 1. The van der Waals surface area contributed by atoms with Gasteiger partial charge in [-0.1, -0.05) is 41.2 Å². The SMILES string of the molecule is NC(=O)c1cnc(On2nnc3ccccc32)nc1Nc1cccc(C(=O)Cc2cccc(F)c2)c1. The number of halogens is 1. The van der Waals surface area contributed by atoms with E-state index in [1.807, 2.05) is 6.07 Å². The summed E-state index contributed by atoms with van der Waals surface area (Å²) in [5.74, 6) is -1.29. The van der Waals surface area contributed by atoms with Crippen molar-refractivity contribution in [3.05, 3.63) is 102 Å². The van der Waals surface area contributed by atoms with Gasteiger partial charge in [-0.15, -0.1) is 5.10 Å². The molecule has 11 heteroatoms. The number of ketones is 1. The van der Waals surface area contributed by atoms with Crippen LogP contribution in [0.25, 0.3) is 11.0 Å². The lowest BCUT2D eigenvalue weighted by Crippen LogP contribution is -2.17. The maximum atomic E-state index is 13.5. The highest BCUT2D eigenvalue weighted by Gasteiger charge is 2.16. The molecule has 3 N–H and O–H groups in total. The normalized spacial score (nSPS) is 10.8. The second-order valence-electron chi connectivity index (χ2n) is 7.76. The molecule has 0 spiro atoms. The molecule has 0 unspecified atom stereocenters. The van der Waals surface area contributed by atoms with Gasteiger partial charge in [0.15, 0.2) is 11.6 Å². The summed E-state index contributed by atoms with van der Waals surface area (Å²) >= 11 is 0. The number of anilines is 2. The quantitative estimate of drug-likeness (QED) is 0.320. The first-order valence-electron chi connectivity index (χ1n) is 10.8. The highest BCUT2D eigenvalue weighted by Crippen LogP contribution is 2.22. The van der Waals surface area contributed by atoms with Crippen molar-refractivity contribution in [3.8, 4) is 6.01 Å². The average Bonchev–Trinajstić information content (AvgIpc) is 3.27. The summed E-state index contributed by atoms with van der Waals surface area (Å²) in [7, 11) is 0. The van der Waals surface area contributed by atoms with E-state index in [1.54, 1.807) is 54.6 Å². The third kappa shape index (κ3) is 4.85. The highest BCUT2D eigenvalue weighted by atomic mass is 19.1. The molecule has 1 amide bonds. The Bertz CT molecular complexity index is 1600. The van der Waals surface area contributed by atoms with Gasteiger partial charge in [0.05, 0.1) is 0 Å². The van der Waals surface area contributed by atoms with Crippen LogP contribution >= 0.6 is 0 Å². The number of fused-ring (bicyclic) bond motifs is 1. The van der Waals surface area contributed by atoms with Crippen molar-refractivity contribution < 1.29 is 18.8 Å². The van der Waals surface area contributed by atoms with Crippen LogP contribution in [-0.4, -0.2) is 36.8 Å². The fourth-order valence-corrected chi connectivity index (χ4v) is 3.52. The summed E-state index contributed by atoms with van der Waals surface area (Å²) in [5, 5.41) is 10.9. The molecule has 10 nitrogen and oxygen atoms in total. The number of benzene rings is 3. The maximum absolute atomic E-state index is 13.5. The zero-order valence-electron chi connectivity index (χ0n) is 18.6. The van der Waals surface area contributed by atoms with Crippen LogP contribution in [0.2, 0.25) is 0 Å². The van der Waals surface area contributed by atoms with Crippen molar-refractivity contribution in [2.24, 2.45) is 5.73 Å². The highest BCUT2D eigenvalue weighted by molar-refractivity contribution is 5.99. The first-order valence-corrected chi connectivity index (χ1v) is 10.8. The molecule has 0 aliphatic carbocycles. The molecule has 178 valence electrons. The largest absolute Gasteiger partial charge is 0.365 e. The second-order valence-corrected chi connectivity index (χ2v) is 7.76. The summed E-state index contributed by atoms with van der Waals surface area (Å²) in [6, 6.07) is 19.5. The Morgan fingerprint density at radius 3 is 2.69 bits per heavy atom. The smallest absolute Gasteiger partial charge is 0.347 e. The van der Waals surface area contributed by atoms with Crippen LogP contribution in [0.1, 0.15) is 26.3 Å². The number of nitrogens with zero attached hydrogens (tertiary/aromatic N) is 5. The molecule has 3 aromatic carbocycles. The summed E-state index contributed by atoms with van der Waals surface area (Å²) in [4.78, 5) is 39.8. The first kappa shape index (κ1) is 22.6. The number of aromatic nitrogens is 5. The Labute approximate surface area is 203 Å². The Hall–Kier alpha value is -5.19. The minimum atomic E-state index is -0.756. The van der Waals surface area contributed by atoms with Crippen molar-refractivity contribution >= 4 is 34.2 Å². The van der Waals surface area contributed by atoms with Gasteiger partial charge >= 0.3 is 6.01 Å². The van der Waals surface area contributed by atoms with Gasteiger partial charge in [0.25, 0.3) is 5.91 Å². The number of para-hydroxylation sites is 1. The minimum absolute atomic E-state index is 0.0160. The van der Waals surface area contributed by atoms with Crippen LogP contribution in [0, 0.1) is 5.82 Å². The van der Waals surface area contributed by atoms with Crippen LogP contribution in [0.5, 0.6) is 6.01 Å². The fourth-order valence-electron chi connectivity index (χ4n) is 3.52. The van der Waals surface area contributed by atoms with E-state index in [-0.39, 0.29) is 29.6 Å². The number of primary amides is 1. The number of hydrogen-bond donors (Lipinski definition) is 2. The molecular formula is C25H18FN7O3. The number of carbonyl (C=O) groups excluding carboxylic acids is 2. The topological polar surface area (TPSA) is 138 Å². The predicted molar refractivity (Wildman–Crippen MR) is 128 cm³/mol. The zero-order valence-corrected chi connectivity index (χ0v) is 18.6. The van der Waals surface area contributed by atoms with Crippen molar-refractivity contribution in [1.82, 2.24) is 25.1 Å². The van der Waals surface area contributed by atoms with Crippen LogP contribution in [-0.2, 0) is 6.42 Å². The molecular weight excluding hydrogens is 465 g/mol. The number of hydrogen-bond acceptors (Lipinski definition) is 8. The lowest BCUT2D eigenvalue weighted by atomic mass is 10.0. The van der Waals surface area contributed by atoms with Gasteiger partial charge in [0.2, 0.25) is 0 Å². The molecule has 0 atom stereocenters. The summed E-state index contributed by atoms with van der Waals surface area (Å²) in [5.41, 5.74) is 8.15. The fraction of sp³-hybridized carbons (Fsp3) is 0.0400. The number of amides is 1. The molecule has 0 saturated heterocycles. The van der Waals surface area contributed by atoms with E-state index in [1.165, 1.54) is 18.3 Å². The molecule has 0 saturated carbocycles. The van der Waals surface area contributed by atoms with Crippen LogP contribution in [0.15, 0.2) is 79.0 Å². The zero-order chi connectivity index (χ0) is 25.1. The van der Waals surface area contributed by atoms with E-state index in [0.29, 0.717) is 27.8 Å². The van der Waals surface area contributed by atoms with Crippen LogP contribution in [0.4, 0.5) is 15.9 Å². The van der Waals surface area contributed by atoms with Gasteiger partial charge in [0.1, 0.15) is 22.4 Å². The Balaban J connectivity index is 1.40. The molecule has 36 heavy (non-hydrogen) atoms. The maximum Gasteiger partial charge on any atom is 0.347 e. The first-order chi connectivity index (χ1) is 17.5. The van der Waals surface area contributed by atoms with Gasteiger partial charge in [-0.3, -0.25) is 9.59 Å². The van der Waals surface area contributed by atoms with Crippen molar-refractivity contribution in [2.75, 3.05) is 5.32 Å². The molecule has 5 rings (SSSR count). The van der Waals surface area contributed by atoms with Crippen LogP contribution < -0.4 is 15.9 Å². The molecule has 0 aliphatic heterocycles. The molecule has 0 fully saturated rings. The molecule has 0 aliphatic rings. The third-order valence-corrected chi connectivity index (χ3v) is 5.22. The Morgan fingerprint density at radius 2 is 1.86 bits per heavy atom. The summed E-state index contributed by atoms with van der Waals surface area (Å²) < 4.78 is 13.5. The van der Waals surface area contributed by atoms with E-state index in [9.17, 15) is 14.0 Å². The molecule has 2 heterocycles. The van der Waals surface area contributed by atoms with E-state index in [4.69, 9.17) is 10.6 Å². The van der Waals surface area contributed by atoms with E-state index in [2.05, 4.69) is 25.6 Å². The van der Waals surface area contributed by atoms with E-state index < -0.39 is 11.7 Å². The van der Waals surface area contributed by atoms with Gasteiger partial charge in [-0.25, -0.2) is 9.37 Å². The number of carbonyl (C=O) groups is 2. The minimum Gasteiger partial charge on any atom is -0.365 e. The second kappa shape index (κ2) is 9.58. The number of nitrogens with two attached hydrogens (primary N) is 1. The van der Waals surface area contributed by atoms with Crippen molar-refractivity contribution in [1.29, 1.82) is 0 Å². The average molecular weight is 483 g/mol. The standard InChI is InChI=1S/C25H18FN7O3/c26-17-7-3-5-15(11-17)12-22(34)16-6-4-8-18(13-16)29-24-19(23(27)35)14-28-25(30-24)36-33-21-10-2-1-9-20(21)31-32-33/h1-11,13-14H,12H2,(H2,27,35)(H,28,29,30). The van der Waals surface area contributed by atoms with E-state index >= 15 is 0 Å². The van der Waals surface area contributed by atoms with Gasteiger partial charge < -0.3 is 15.9 Å². The molecule has 2 aromatic heterocycles. The number of nitrogens with one attached hydrogen (secondary N) is 1. The molecule has 5 aromatic rings. The van der Waals surface area contributed by atoms with Gasteiger partial charge in [0, 0.05) is 23.9 Å². The van der Waals surface area contributed by atoms with Gasteiger partial charge in [-0.05, 0) is 47.2 Å². The Kier molecular flexibility index (Phi) is 6.02. The lowest BCUT2D eigenvalue weighted by molar-refractivity contribution is 0.0987. The molecule has 0 bridgehead atoms. The summed E-state index contributed by atoms with van der Waals surface area (Å²) in [6.45, 7) is 0. The predicted octanol–water partition coefficient (Wildman–Crippen LogP) is 3.47. The van der Waals surface area contributed by atoms with Crippen molar-refractivity contribution in [2.45, 2.75) is 6.42 Å². The lowest BCUT2D eigenvalue weighted by Gasteiger charge is -2.11. The third-order valence-electron chi connectivity index (χ3n) is 5.22. The van der Waals surface area contributed by atoms with Crippen molar-refractivity contribution in [3.63, 3.8) is 0 Å². The molecule has 0 radical (unpaired) electrons. The Morgan fingerprint density at radius 1 is 1.03 bits per heavy atom. The van der Waals surface area contributed by atoms with Gasteiger partial charge in [-0.2, -0.15) is 4.98 Å². The van der Waals surface area contributed by atoms with E-state index in [0.717, 1.165) is 4.85 Å². The monoisotopic (exact) mass is 483 g/mol.